The smallest absolute Gasteiger partial charge is 0.338 e. The monoisotopic (exact) mass is 1110 g/mol. The van der Waals surface area contributed by atoms with E-state index in [9.17, 15) is 9.59 Å². The van der Waals surface area contributed by atoms with Crippen molar-refractivity contribution in [3.8, 4) is 0 Å². The molecule has 5 fully saturated rings. The van der Waals surface area contributed by atoms with E-state index >= 15 is 0 Å². The van der Waals surface area contributed by atoms with E-state index in [2.05, 4.69) is 0 Å². The molecule has 0 bridgehead atoms. The summed E-state index contributed by atoms with van der Waals surface area (Å²) >= 11 is 0. The second kappa shape index (κ2) is 26.8. The molecule has 0 saturated carbocycles. The number of ether oxygens (including phenoxy) is 15. The molecule has 0 unspecified atom stereocenters. The van der Waals surface area contributed by atoms with Gasteiger partial charge in [-0.25, -0.2) is 9.59 Å². The number of esters is 2. The Labute approximate surface area is 471 Å². The van der Waals surface area contributed by atoms with Crippen LogP contribution in [0.3, 0.4) is 0 Å². The number of hydrogen-bond donors (Lipinski definition) is 0. The molecule has 0 radical (unpaired) electrons. The van der Waals surface area contributed by atoms with Crippen molar-refractivity contribution >= 4 is 11.9 Å². The van der Waals surface area contributed by atoms with Crippen molar-refractivity contribution in [1.82, 2.24) is 0 Å². The van der Waals surface area contributed by atoms with E-state index in [1.165, 1.54) is 0 Å². The van der Waals surface area contributed by atoms with Gasteiger partial charge in [-0.15, -0.1) is 0 Å². The van der Waals surface area contributed by atoms with Crippen LogP contribution in [0.2, 0.25) is 0 Å². The molecule has 6 aromatic carbocycles. The van der Waals surface area contributed by atoms with Gasteiger partial charge in [-0.3, -0.25) is 0 Å². The lowest BCUT2D eigenvalue weighted by atomic mass is 9.97. The molecule has 6 aromatic rings. The molecule has 0 amide bonds. The van der Waals surface area contributed by atoms with Gasteiger partial charge in [-0.1, -0.05) is 158 Å². The molecule has 5 aliphatic rings. The van der Waals surface area contributed by atoms with Gasteiger partial charge in [0, 0.05) is 7.11 Å². The topological polar surface area (TPSA) is 176 Å². The van der Waals surface area contributed by atoms with Crippen LogP contribution in [0.1, 0.15) is 56.8 Å². The lowest BCUT2D eigenvalue weighted by Crippen LogP contribution is -2.62. The lowest BCUT2D eigenvalue weighted by molar-refractivity contribution is -0.347. The van der Waals surface area contributed by atoms with Crippen LogP contribution >= 0.6 is 0 Å². The molecule has 5 heterocycles. The molecule has 0 N–H and O–H groups in total. The first-order valence-corrected chi connectivity index (χ1v) is 27.5. The van der Waals surface area contributed by atoms with Crippen molar-refractivity contribution in [3.63, 3.8) is 0 Å². The Hall–Kier alpha value is -6.26. The first-order chi connectivity index (χ1) is 39.7. The van der Waals surface area contributed by atoms with Crippen LogP contribution in [0.5, 0.6) is 0 Å². The van der Waals surface area contributed by atoms with Crippen LogP contribution in [0.4, 0.5) is 0 Å². The highest BCUT2D eigenvalue weighted by molar-refractivity contribution is 5.90. The highest BCUT2D eigenvalue weighted by Crippen LogP contribution is 2.46. The summed E-state index contributed by atoms with van der Waals surface area (Å²) in [5.41, 5.74) is 4.34. The van der Waals surface area contributed by atoms with Crippen molar-refractivity contribution in [2.24, 2.45) is 0 Å². The van der Waals surface area contributed by atoms with Gasteiger partial charge in [0.2, 0.25) is 0 Å². The average molecular weight is 1110 g/mol. The van der Waals surface area contributed by atoms with Gasteiger partial charge in [-0.05, 0) is 60.4 Å². The molecule has 5 aliphatic heterocycles. The minimum Gasteiger partial charge on any atom is -0.458 e. The summed E-state index contributed by atoms with van der Waals surface area (Å²) in [5, 5.41) is 0. The van der Waals surface area contributed by atoms with E-state index in [4.69, 9.17) is 71.1 Å². The molecule has 17 nitrogen and oxygen atoms in total. The Morgan fingerprint density at radius 1 is 0.506 bits per heavy atom. The number of carbonyl (C=O) groups excluding carboxylic acids is 2. The highest BCUT2D eigenvalue weighted by atomic mass is 16.8. The number of methoxy groups -OCH3 is 1. The summed E-state index contributed by atoms with van der Waals surface area (Å²) in [7, 11) is 1.57. The number of rotatable bonds is 25. The van der Waals surface area contributed by atoms with Gasteiger partial charge in [-0.2, -0.15) is 0 Å². The van der Waals surface area contributed by atoms with E-state index in [0.29, 0.717) is 11.1 Å². The largest absolute Gasteiger partial charge is 0.458 e. The maximum Gasteiger partial charge on any atom is 0.338 e. The van der Waals surface area contributed by atoms with Gasteiger partial charge in [0.15, 0.2) is 30.8 Å². The molecular formula is C64H68O17. The maximum absolute atomic E-state index is 13.8. The first kappa shape index (κ1) is 56.6. The third kappa shape index (κ3) is 14.3. The molecule has 17 heteroatoms. The first-order valence-electron chi connectivity index (χ1n) is 27.5. The molecule has 11 rings (SSSR count). The fraction of sp³-hybridized carbons (Fsp3) is 0.406. The molecule has 81 heavy (non-hydrogen) atoms. The molecule has 0 spiro atoms. The second-order valence-electron chi connectivity index (χ2n) is 20.9. The van der Waals surface area contributed by atoms with Crippen molar-refractivity contribution in [1.29, 1.82) is 0 Å². The predicted octanol–water partition coefficient (Wildman–Crippen LogP) is 8.55. The summed E-state index contributed by atoms with van der Waals surface area (Å²) < 4.78 is 99.6. The maximum atomic E-state index is 13.8. The van der Waals surface area contributed by atoms with Gasteiger partial charge in [0.1, 0.15) is 73.8 Å². The third-order valence-electron chi connectivity index (χ3n) is 14.7. The standard InChI is InChI=1S/C64H68O17/c1-64(2)73-40-49(81-64)52-54(70-36-43-26-14-6-15-27-43)57(80-63-58-55(76-58)51(78-63)48(74-60(66)46-32-20-9-21-33-46)39-72-59(65)45-30-18-8-19-31-45)62(79-52)77-50-47(38-68-34-41-22-10-4-11-23-41)75-61(67-3)56(71-37-44-28-16-7-17-29-44)53(50)69-35-42-24-12-5-13-25-42/h4-33,47-58,61-63H,34-40H2,1-3H3/t47-,48-,49-,50+,51+,52+,53+,54+,55-,56-,57-,58-,61-,62+,63-/m1/s1. The van der Waals surface area contributed by atoms with E-state index in [1.807, 2.05) is 135 Å². The van der Waals surface area contributed by atoms with E-state index in [-0.39, 0.29) is 46.2 Å². The second-order valence-corrected chi connectivity index (χ2v) is 20.9. The van der Waals surface area contributed by atoms with Gasteiger partial charge >= 0.3 is 11.9 Å². The normalized spacial score (nSPS) is 29.6. The fourth-order valence-corrected chi connectivity index (χ4v) is 10.6. The molecule has 15 atom stereocenters. The van der Waals surface area contributed by atoms with Crippen LogP contribution in [-0.2, 0) is 97.5 Å². The van der Waals surface area contributed by atoms with Crippen molar-refractivity contribution in [2.75, 3.05) is 26.9 Å². The van der Waals surface area contributed by atoms with E-state index in [0.717, 1.165) is 22.3 Å². The number of hydrogen-bond acceptors (Lipinski definition) is 17. The quantitative estimate of drug-likeness (QED) is 0.0393. The minimum atomic E-state index is -1.25. The van der Waals surface area contributed by atoms with Crippen molar-refractivity contribution in [3.05, 3.63) is 215 Å². The van der Waals surface area contributed by atoms with Crippen LogP contribution in [0.15, 0.2) is 182 Å². The number of carbonyl (C=O) groups is 2. The summed E-state index contributed by atoms with van der Waals surface area (Å²) in [4.78, 5) is 27.1. The van der Waals surface area contributed by atoms with Crippen LogP contribution in [0, 0.1) is 0 Å². The van der Waals surface area contributed by atoms with Gasteiger partial charge in [0.05, 0.1) is 50.8 Å². The molecule has 5 saturated heterocycles. The summed E-state index contributed by atoms with van der Waals surface area (Å²) in [6.07, 6.45) is -13.6. The van der Waals surface area contributed by atoms with Gasteiger partial charge < -0.3 is 71.1 Å². The zero-order chi connectivity index (χ0) is 55.5. The third-order valence-corrected chi connectivity index (χ3v) is 14.7. The number of epoxide rings is 1. The summed E-state index contributed by atoms with van der Waals surface area (Å²) in [6.45, 7) is 4.38. The van der Waals surface area contributed by atoms with E-state index in [1.54, 1.807) is 67.8 Å². The van der Waals surface area contributed by atoms with Crippen molar-refractivity contribution in [2.45, 2.75) is 138 Å². The average Bonchev–Trinajstić information content (AvgIpc) is 4.19. The van der Waals surface area contributed by atoms with Crippen LogP contribution in [0.25, 0.3) is 0 Å². The molecule has 0 aromatic heterocycles. The predicted molar refractivity (Wildman–Crippen MR) is 290 cm³/mol. The Morgan fingerprint density at radius 2 is 1.01 bits per heavy atom. The number of fused-ring (bicyclic) bond motifs is 1. The van der Waals surface area contributed by atoms with Crippen LogP contribution < -0.4 is 0 Å². The molecule has 426 valence electrons. The van der Waals surface area contributed by atoms with Crippen molar-refractivity contribution < 1.29 is 80.6 Å². The lowest BCUT2D eigenvalue weighted by Gasteiger charge is -2.46. The molecular weight excluding hydrogens is 1040 g/mol. The summed E-state index contributed by atoms with van der Waals surface area (Å²) in [6, 6.07) is 56.3. The molecule has 0 aliphatic carbocycles. The fourth-order valence-electron chi connectivity index (χ4n) is 10.6. The van der Waals surface area contributed by atoms with Gasteiger partial charge in [0.25, 0.3) is 0 Å². The summed E-state index contributed by atoms with van der Waals surface area (Å²) in [5.74, 6) is -2.19. The Bertz CT molecular complexity index is 2890. The number of benzene rings is 6. The van der Waals surface area contributed by atoms with E-state index < -0.39 is 110 Å². The zero-order valence-electron chi connectivity index (χ0n) is 45.4. The van der Waals surface area contributed by atoms with Crippen LogP contribution in [-0.4, -0.2) is 137 Å². The Balaban J connectivity index is 0.934. The Kier molecular flexibility index (Phi) is 18.7. The Morgan fingerprint density at radius 3 is 1.56 bits per heavy atom. The zero-order valence-corrected chi connectivity index (χ0v) is 45.4. The SMILES string of the molecule is CO[C@@H]1O[C@H](COCc2ccccc2)[C@H](O[C@H]2O[C@@H]([C@H]3COC(C)(C)O3)[C@H](OCc3ccccc3)[C@H]2O[C@H]2O[C@@H]([C@@H](COC(=O)c3ccccc3)OC(=O)c3ccccc3)[C@H]3O[C@@H]23)[C@H](OCc2ccccc2)[C@H]1OCc1ccccc1. The highest BCUT2D eigenvalue weighted by Gasteiger charge is 2.65. The minimum absolute atomic E-state index is 0.0440.